The average molecular weight is 355 g/mol. The van der Waals surface area contributed by atoms with E-state index in [1.54, 1.807) is 4.90 Å². The number of hydrogen-bond donors (Lipinski definition) is 2. The van der Waals surface area contributed by atoms with Crippen molar-refractivity contribution < 1.29 is 24.5 Å². The van der Waals surface area contributed by atoms with Gasteiger partial charge in [0.25, 0.3) is 0 Å². The molecular weight excluding hydrogens is 322 g/mol. The van der Waals surface area contributed by atoms with E-state index in [1.807, 2.05) is 13.0 Å². The minimum Gasteiger partial charge on any atom is -0.466 e. The fraction of sp³-hybridized carbons (Fsp3) is 0.789. The van der Waals surface area contributed by atoms with E-state index in [1.165, 1.54) is 13.2 Å². The number of rotatable bonds is 11. The van der Waals surface area contributed by atoms with E-state index in [0.717, 1.165) is 44.9 Å². The highest BCUT2D eigenvalue weighted by Crippen LogP contribution is 2.29. The van der Waals surface area contributed by atoms with Crippen molar-refractivity contribution in [1.82, 2.24) is 4.90 Å². The molecule has 1 aliphatic rings. The fourth-order valence-electron chi connectivity index (χ4n) is 3.29. The molecule has 2 atom stereocenters. The van der Waals surface area contributed by atoms with E-state index < -0.39 is 11.6 Å². The first-order valence-corrected chi connectivity index (χ1v) is 9.27. The minimum atomic E-state index is -0.617. The zero-order chi connectivity index (χ0) is 18.7. The van der Waals surface area contributed by atoms with Crippen LogP contribution in [-0.2, 0) is 14.3 Å². The van der Waals surface area contributed by atoms with Gasteiger partial charge in [0.2, 0.25) is 5.91 Å². The Morgan fingerprint density at radius 3 is 2.48 bits per heavy atom. The third kappa shape index (κ3) is 7.57. The number of esters is 1. The molecule has 6 heteroatoms. The van der Waals surface area contributed by atoms with Gasteiger partial charge >= 0.3 is 5.97 Å². The van der Waals surface area contributed by atoms with Gasteiger partial charge in [-0.25, -0.2) is 4.79 Å². The predicted molar refractivity (Wildman–Crippen MR) is 95.9 cm³/mol. The van der Waals surface area contributed by atoms with Gasteiger partial charge in [-0.15, -0.1) is 0 Å². The number of likely N-dealkylation sites (tertiary alicyclic amines) is 1. The van der Waals surface area contributed by atoms with Gasteiger partial charge in [-0.3, -0.25) is 4.79 Å². The number of β-amino-alcohol motifs (C(OH)–C–C–N with tert-alkyl or cyclic N) is 1. The monoisotopic (exact) mass is 355 g/mol. The van der Waals surface area contributed by atoms with Gasteiger partial charge in [-0.1, -0.05) is 31.8 Å². The summed E-state index contributed by atoms with van der Waals surface area (Å²) in [5, 5.41) is 19.3. The van der Waals surface area contributed by atoms with Crippen LogP contribution in [0.15, 0.2) is 12.2 Å². The number of allylic oxidation sites excluding steroid dienone is 1. The van der Waals surface area contributed by atoms with E-state index in [4.69, 9.17) is 0 Å². The number of aliphatic hydroxyl groups excluding tert-OH is 2. The molecule has 0 aromatic rings. The number of unbranched alkanes of at least 4 members (excludes halogenated alkanes) is 6. The van der Waals surface area contributed by atoms with Crippen LogP contribution in [0.25, 0.3) is 0 Å². The third-order valence-corrected chi connectivity index (χ3v) is 4.83. The van der Waals surface area contributed by atoms with Crippen molar-refractivity contribution in [2.45, 2.75) is 76.4 Å². The zero-order valence-electron chi connectivity index (χ0n) is 15.6. The summed E-state index contributed by atoms with van der Waals surface area (Å²) < 4.78 is 4.52. The summed E-state index contributed by atoms with van der Waals surface area (Å²) in [6.45, 7) is 2.05. The number of carbonyl (C=O) groups excluding carboxylic acids is 2. The lowest BCUT2D eigenvalue weighted by molar-refractivity contribution is -0.136. The Bertz CT molecular complexity index is 451. The molecular formula is C19H33NO5. The van der Waals surface area contributed by atoms with E-state index in [-0.39, 0.29) is 18.5 Å². The molecule has 1 aliphatic heterocycles. The molecule has 1 rings (SSSR count). The first kappa shape index (κ1) is 21.6. The molecule has 0 aromatic heterocycles. The van der Waals surface area contributed by atoms with Gasteiger partial charge in [0.05, 0.1) is 25.4 Å². The minimum absolute atomic E-state index is 0.0287. The molecule has 1 saturated heterocycles. The molecule has 1 heterocycles. The first-order chi connectivity index (χ1) is 11.9. The number of ether oxygens (including phenoxy) is 1. The number of methoxy groups -OCH3 is 1. The Balaban J connectivity index is 2.07. The van der Waals surface area contributed by atoms with Crippen LogP contribution in [0.2, 0.25) is 0 Å². The highest BCUT2D eigenvalue weighted by molar-refractivity contribution is 5.81. The lowest BCUT2D eigenvalue weighted by Gasteiger charge is -2.33. The van der Waals surface area contributed by atoms with Crippen molar-refractivity contribution in [3.8, 4) is 0 Å². The maximum absolute atomic E-state index is 12.3. The molecule has 6 nitrogen and oxygen atoms in total. The normalized spacial score (nSPS) is 23.4. The maximum Gasteiger partial charge on any atom is 0.330 e. The zero-order valence-corrected chi connectivity index (χ0v) is 15.6. The van der Waals surface area contributed by atoms with E-state index in [0.29, 0.717) is 19.4 Å². The number of aliphatic hydroxyl groups is 2. The molecule has 0 spiro atoms. The number of amides is 1. The molecule has 1 amide bonds. The summed E-state index contributed by atoms with van der Waals surface area (Å²) in [7, 11) is 1.37. The topological polar surface area (TPSA) is 87.1 Å². The molecule has 144 valence electrons. The standard InChI is InChI=1S/C19H33NO5/c1-19(15-21)13-16(22)14-20(19)17(23)11-9-7-5-3-4-6-8-10-12-18(24)25-2/h10,12,16,21-22H,3-9,11,13-15H2,1-2H3/t16-,19+/m1/s1. The third-order valence-electron chi connectivity index (χ3n) is 4.83. The molecule has 0 aromatic carbocycles. The summed E-state index contributed by atoms with van der Waals surface area (Å²) in [6, 6.07) is 0. The van der Waals surface area contributed by atoms with Crippen LogP contribution in [0.5, 0.6) is 0 Å². The van der Waals surface area contributed by atoms with E-state index in [2.05, 4.69) is 4.74 Å². The molecule has 0 unspecified atom stereocenters. The van der Waals surface area contributed by atoms with Gasteiger partial charge in [0, 0.05) is 25.5 Å². The van der Waals surface area contributed by atoms with E-state index >= 15 is 0 Å². The highest BCUT2D eigenvalue weighted by Gasteiger charge is 2.43. The highest BCUT2D eigenvalue weighted by atomic mass is 16.5. The molecule has 2 N–H and O–H groups in total. The molecule has 1 fully saturated rings. The maximum atomic E-state index is 12.3. The number of carbonyl (C=O) groups is 2. The smallest absolute Gasteiger partial charge is 0.330 e. The van der Waals surface area contributed by atoms with Gasteiger partial charge in [-0.2, -0.15) is 0 Å². The van der Waals surface area contributed by atoms with Crippen molar-refractivity contribution in [2.75, 3.05) is 20.3 Å². The van der Waals surface area contributed by atoms with Crippen LogP contribution < -0.4 is 0 Å². The molecule has 0 aliphatic carbocycles. The Kier molecular flexibility index (Phi) is 9.75. The van der Waals surface area contributed by atoms with Crippen LogP contribution in [0, 0.1) is 0 Å². The molecule has 0 radical (unpaired) electrons. The van der Waals surface area contributed by atoms with E-state index in [9.17, 15) is 19.8 Å². The lowest BCUT2D eigenvalue weighted by atomic mass is 9.99. The lowest BCUT2D eigenvalue weighted by Crippen LogP contribution is -2.47. The van der Waals surface area contributed by atoms with Crippen molar-refractivity contribution in [2.24, 2.45) is 0 Å². The number of hydrogen-bond acceptors (Lipinski definition) is 5. The SMILES string of the molecule is COC(=O)C=CCCCCCCCCC(=O)N1C[C@H](O)C[C@@]1(C)CO. The van der Waals surface area contributed by atoms with Crippen LogP contribution in [-0.4, -0.2) is 58.9 Å². The predicted octanol–water partition coefficient (Wildman–Crippen LogP) is 2.18. The van der Waals surface area contributed by atoms with Crippen molar-refractivity contribution in [1.29, 1.82) is 0 Å². The van der Waals surface area contributed by atoms with Crippen molar-refractivity contribution in [3.05, 3.63) is 12.2 Å². The Morgan fingerprint density at radius 1 is 1.20 bits per heavy atom. The van der Waals surface area contributed by atoms with Gasteiger partial charge < -0.3 is 19.8 Å². The number of nitrogens with zero attached hydrogens (tertiary/aromatic N) is 1. The second kappa shape index (κ2) is 11.3. The van der Waals surface area contributed by atoms with Crippen molar-refractivity contribution >= 4 is 11.9 Å². The second-order valence-electron chi connectivity index (χ2n) is 7.10. The quantitative estimate of drug-likeness (QED) is 0.337. The largest absolute Gasteiger partial charge is 0.466 e. The summed E-state index contributed by atoms with van der Waals surface area (Å²) >= 11 is 0. The van der Waals surface area contributed by atoms with Crippen LogP contribution >= 0.6 is 0 Å². The Hall–Kier alpha value is -1.40. The summed E-state index contributed by atoms with van der Waals surface area (Å²) in [5.41, 5.74) is -0.617. The average Bonchev–Trinajstić information content (AvgIpc) is 2.91. The van der Waals surface area contributed by atoms with Crippen LogP contribution in [0.3, 0.4) is 0 Å². The fourth-order valence-corrected chi connectivity index (χ4v) is 3.29. The molecule has 0 saturated carbocycles. The Morgan fingerprint density at radius 2 is 1.84 bits per heavy atom. The van der Waals surface area contributed by atoms with Crippen LogP contribution in [0.1, 0.15) is 64.7 Å². The van der Waals surface area contributed by atoms with Gasteiger partial charge in [0.1, 0.15) is 0 Å². The summed E-state index contributed by atoms with van der Waals surface area (Å²) in [4.78, 5) is 24.8. The summed E-state index contributed by atoms with van der Waals surface area (Å²) in [6.07, 6.45) is 10.8. The van der Waals surface area contributed by atoms with Gasteiger partial charge in [-0.05, 0) is 26.2 Å². The van der Waals surface area contributed by atoms with Crippen LogP contribution in [0.4, 0.5) is 0 Å². The van der Waals surface area contributed by atoms with Gasteiger partial charge in [0.15, 0.2) is 0 Å². The summed E-state index contributed by atoms with van der Waals surface area (Å²) in [5.74, 6) is -0.284. The molecule has 25 heavy (non-hydrogen) atoms. The Labute approximate surface area is 150 Å². The second-order valence-corrected chi connectivity index (χ2v) is 7.10. The molecule has 0 bridgehead atoms. The first-order valence-electron chi connectivity index (χ1n) is 9.27. The van der Waals surface area contributed by atoms with Crippen molar-refractivity contribution in [3.63, 3.8) is 0 Å².